The molecule has 7 heteroatoms. The summed E-state index contributed by atoms with van der Waals surface area (Å²) in [5.41, 5.74) is 7.04. The summed E-state index contributed by atoms with van der Waals surface area (Å²) in [7, 11) is 1.73. The van der Waals surface area contributed by atoms with E-state index in [-0.39, 0.29) is 12.2 Å². The molecule has 3 N–H and O–H groups in total. The second-order valence-electron chi connectivity index (χ2n) is 5.33. The molecule has 26 heavy (non-hydrogen) atoms. The number of aromatic nitrogens is 1. The van der Waals surface area contributed by atoms with Crippen molar-refractivity contribution in [2.75, 3.05) is 13.7 Å². The summed E-state index contributed by atoms with van der Waals surface area (Å²) in [5, 5.41) is 3.07. The lowest BCUT2D eigenvalue weighted by atomic mass is 9.95. The number of alkyl halides is 3. The maximum absolute atomic E-state index is 13.4. The van der Waals surface area contributed by atoms with Gasteiger partial charge in [-0.05, 0) is 26.0 Å². The summed E-state index contributed by atoms with van der Waals surface area (Å²) in [5.74, 6) is 0. The minimum atomic E-state index is -4.43. The molecule has 1 atom stereocenters. The molecule has 0 saturated heterocycles. The summed E-state index contributed by atoms with van der Waals surface area (Å²) < 4.78 is 40.1. The Kier molecular flexibility index (Phi) is 8.05. The van der Waals surface area contributed by atoms with Crippen molar-refractivity contribution >= 4 is 6.08 Å². The average Bonchev–Trinajstić information content (AvgIpc) is 2.62. The number of nitrogens with zero attached hydrogens (tertiary/aromatic N) is 2. The monoisotopic (exact) mass is 368 g/mol. The highest BCUT2D eigenvalue weighted by Crippen LogP contribution is 2.40. The molecule has 0 spiro atoms. The topological polar surface area (TPSA) is 54.2 Å². The van der Waals surface area contributed by atoms with E-state index in [4.69, 9.17) is 5.73 Å². The van der Waals surface area contributed by atoms with E-state index in [9.17, 15) is 13.2 Å². The number of fused-ring (bicyclic) bond motifs is 1. The van der Waals surface area contributed by atoms with Gasteiger partial charge in [0.25, 0.3) is 0 Å². The highest BCUT2D eigenvalue weighted by Gasteiger charge is 2.38. The van der Waals surface area contributed by atoms with Gasteiger partial charge in [-0.25, -0.2) is 0 Å². The van der Waals surface area contributed by atoms with Crippen LogP contribution >= 0.6 is 0 Å². The molecule has 1 aliphatic rings. The number of allylic oxidation sites excluding steroid dienone is 3. The standard InChI is InChI=1S/C17H21F3N4.C2H6/c1-4-12(13(5-2)17(18,19)20)14-9-11-7-6-8-22-15(11)16(23-10-21)24(14)3;1-2/h4-9,16,23H,10,21H2,1-3H3;1-2H3/b12-4+,13-5+;. The second-order valence-corrected chi connectivity index (χ2v) is 5.33. The van der Waals surface area contributed by atoms with Crippen LogP contribution in [0.3, 0.4) is 0 Å². The Hall–Kier alpha value is -2.12. The Morgan fingerprint density at radius 2 is 1.96 bits per heavy atom. The van der Waals surface area contributed by atoms with Crippen LogP contribution in [0.25, 0.3) is 6.08 Å². The van der Waals surface area contributed by atoms with Crippen LogP contribution < -0.4 is 11.1 Å². The van der Waals surface area contributed by atoms with Gasteiger partial charge < -0.3 is 10.6 Å². The van der Waals surface area contributed by atoms with Crippen molar-refractivity contribution in [2.45, 2.75) is 40.0 Å². The number of nitrogens with one attached hydrogen (secondary N) is 1. The Labute approximate surface area is 153 Å². The fourth-order valence-corrected chi connectivity index (χ4v) is 2.88. The van der Waals surface area contributed by atoms with Gasteiger partial charge in [-0.2, -0.15) is 13.2 Å². The summed E-state index contributed by atoms with van der Waals surface area (Å²) in [6, 6.07) is 3.59. The first-order chi connectivity index (χ1) is 12.3. The first kappa shape index (κ1) is 21.9. The molecule has 1 unspecified atom stereocenters. The Bertz CT molecular complexity index is 690. The van der Waals surface area contributed by atoms with Crippen molar-refractivity contribution in [2.24, 2.45) is 5.73 Å². The first-order valence-corrected chi connectivity index (χ1v) is 8.58. The van der Waals surface area contributed by atoms with Gasteiger partial charge in [0, 0.05) is 36.7 Å². The molecule has 0 radical (unpaired) electrons. The lowest BCUT2D eigenvalue weighted by Crippen LogP contribution is -2.41. The molecule has 1 aliphatic heterocycles. The Morgan fingerprint density at radius 1 is 1.31 bits per heavy atom. The number of hydrogen-bond donors (Lipinski definition) is 2. The molecular formula is C19H27F3N4. The summed E-state index contributed by atoms with van der Waals surface area (Å²) in [4.78, 5) is 6.07. The van der Waals surface area contributed by atoms with Crippen LogP contribution in [0.15, 0.2) is 47.3 Å². The Morgan fingerprint density at radius 3 is 2.46 bits per heavy atom. The largest absolute Gasteiger partial charge is 0.416 e. The first-order valence-electron chi connectivity index (χ1n) is 8.58. The highest BCUT2D eigenvalue weighted by atomic mass is 19.4. The van der Waals surface area contributed by atoms with Gasteiger partial charge in [0.2, 0.25) is 0 Å². The number of halogens is 3. The normalized spacial score (nSPS) is 18.0. The van der Waals surface area contributed by atoms with Crippen molar-refractivity contribution in [1.82, 2.24) is 15.2 Å². The Balaban J connectivity index is 0.00000163. The third kappa shape index (κ3) is 4.53. The van der Waals surface area contributed by atoms with E-state index in [0.29, 0.717) is 5.70 Å². The minimum absolute atomic E-state index is 0.130. The van der Waals surface area contributed by atoms with Crippen LogP contribution in [-0.4, -0.2) is 29.8 Å². The van der Waals surface area contributed by atoms with Crippen LogP contribution in [0.2, 0.25) is 0 Å². The van der Waals surface area contributed by atoms with Crippen LogP contribution in [-0.2, 0) is 0 Å². The van der Waals surface area contributed by atoms with Gasteiger partial charge in [-0.3, -0.25) is 10.3 Å². The van der Waals surface area contributed by atoms with Crippen LogP contribution in [0, 0.1) is 0 Å². The number of hydrogen-bond acceptors (Lipinski definition) is 4. The van der Waals surface area contributed by atoms with Gasteiger partial charge in [0.15, 0.2) is 0 Å². The van der Waals surface area contributed by atoms with Crippen molar-refractivity contribution in [3.05, 3.63) is 58.6 Å². The van der Waals surface area contributed by atoms with Crippen molar-refractivity contribution < 1.29 is 13.2 Å². The lowest BCUT2D eigenvalue weighted by molar-refractivity contribution is -0.0895. The second kappa shape index (κ2) is 9.54. The van der Waals surface area contributed by atoms with Gasteiger partial charge in [0.1, 0.15) is 6.17 Å². The summed E-state index contributed by atoms with van der Waals surface area (Å²) in [6.07, 6.45) is 1.12. The zero-order chi connectivity index (χ0) is 19.9. The third-order valence-electron chi connectivity index (χ3n) is 3.95. The van der Waals surface area contributed by atoms with E-state index in [0.717, 1.165) is 17.3 Å². The molecule has 0 aliphatic carbocycles. The zero-order valence-corrected chi connectivity index (χ0v) is 15.9. The quantitative estimate of drug-likeness (QED) is 0.613. The van der Waals surface area contributed by atoms with Crippen LogP contribution in [0.4, 0.5) is 13.2 Å². The lowest BCUT2D eigenvalue weighted by Gasteiger charge is -2.37. The predicted octanol–water partition coefficient (Wildman–Crippen LogP) is 4.35. The predicted molar refractivity (Wildman–Crippen MR) is 99.8 cm³/mol. The molecule has 1 aromatic heterocycles. The molecule has 2 heterocycles. The van der Waals surface area contributed by atoms with Crippen molar-refractivity contribution in [3.8, 4) is 0 Å². The summed E-state index contributed by atoms with van der Waals surface area (Å²) in [6.45, 7) is 7.17. The molecule has 0 fully saturated rings. The minimum Gasteiger partial charge on any atom is -0.353 e. The zero-order valence-electron chi connectivity index (χ0n) is 15.9. The molecule has 4 nitrogen and oxygen atoms in total. The number of likely N-dealkylation sites (N-methyl/N-ethyl adjacent to an activating group) is 1. The van der Waals surface area contributed by atoms with E-state index >= 15 is 0 Å². The highest BCUT2D eigenvalue weighted by molar-refractivity contribution is 5.66. The van der Waals surface area contributed by atoms with Gasteiger partial charge in [-0.15, -0.1) is 0 Å². The van der Waals surface area contributed by atoms with E-state index in [1.54, 1.807) is 37.2 Å². The maximum atomic E-state index is 13.4. The van der Waals surface area contributed by atoms with Crippen molar-refractivity contribution in [3.63, 3.8) is 0 Å². The molecule has 1 aromatic rings. The summed E-state index contributed by atoms with van der Waals surface area (Å²) >= 11 is 0. The fraction of sp³-hybridized carbons (Fsp3) is 0.421. The average molecular weight is 368 g/mol. The molecule has 0 aromatic carbocycles. The van der Waals surface area contributed by atoms with Crippen LogP contribution in [0.1, 0.15) is 45.1 Å². The fourth-order valence-electron chi connectivity index (χ4n) is 2.88. The molecule has 0 bridgehead atoms. The molecule has 144 valence electrons. The SMILES string of the molecule is C/C=C(C1=Cc2cccnc2C(NCN)N1C)\C(=C/C)C(F)(F)F.CC. The van der Waals surface area contributed by atoms with E-state index in [1.807, 2.05) is 19.9 Å². The van der Waals surface area contributed by atoms with Crippen molar-refractivity contribution in [1.29, 1.82) is 0 Å². The molecule has 2 rings (SSSR count). The number of nitrogens with two attached hydrogens (primary N) is 1. The van der Waals surface area contributed by atoms with E-state index in [2.05, 4.69) is 10.3 Å². The molecule has 0 amide bonds. The third-order valence-corrected chi connectivity index (χ3v) is 3.95. The van der Waals surface area contributed by atoms with Gasteiger partial charge >= 0.3 is 6.18 Å². The van der Waals surface area contributed by atoms with Gasteiger partial charge in [-0.1, -0.05) is 32.1 Å². The van der Waals surface area contributed by atoms with E-state index in [1.165, 1.54) is 13.0 Å². The van der Waals surface area contributed by atoms with Crippen LogP contribution in [0.5, 0.6) is 0 Å². The maximum Gasteiger partial charge on any atom is 0.416 e. The number of rotatable bonds is 4. The smallest absolute Gasteiger partial charge is 0.353 e. The number of pyridine rings is 1. The molecular weight excluding hydrogens is 341 g/mol. The molecule has 0 saturated carbocycles. The van der Waals surface area contributed by atoms with E-state index < -0.39 is 17.9 Å². The van der Waals surface area contributed by atoms with Gasteiger partial charge in [0.05, 0.1) is 11.3 Å².